The molecule has 2 aromatic heterocycles. The topological polar surface area (TPSA) is 101 Å². The number of hydrogen-bond acceptors (Lipinski definition) is 6. The molecular formula is C22H26N6O2. The zero-order valence-corrected chi connectivity index (χ0v) is 17.3. The van der Waals surface area contributed by atoms with Gasteiger partial charge in [-0.05, 0) is 30.2 Å². The van der Waals surface area contributed by atoms with Crippen LogP contribution >= 0.6 is 0 Å². The lowest BCUT2D eigenvalue weighted by atomic mass is 10.0. The van der Waals surface area contributed by atoms with Crippen LogP contribution in [0.3, 0.4) is 0 Å². The molecular weight excluding hydrogens is 380 g/mol. The van der Waals surface area contributed by atoms with E-state index in [-0.39, 0.29) is 12.1 Å². The first-order valence-electron chi connectivity index (χ1n) is 9.80. The number of carbonyl (C=O) groups is 1. The summed E-state index contributed by atoms with van der Waals surface area (Å²) in [5.74, 6) is 1.22. The van der Waals surface area contributed by atoms with Crippen LogP contribution in [0.25, 0.3) is 11.3 Å². The SMILES string of the molecule is CCC[C@H](Nc1cncc(-c2ccc(NC(=O)NC)c(OC)c2)n1)c1cccnc1. The molecule has 0 unspecified atom stereocenters. The van der Waals surface area contributed by atoms with Crippen LogP contribution in [-0.2, 0) is 0 Å². The molecule has 0 fully saturated rings. The van der Waals surface area contributed by atoms with Gasteiger partial charge in [-0.1, -0.05) is 25.5 Å². The minimum Gasteiger partial charge on any atom is -0.495 e. The second kappa shape index (κ2) is 10.2. The molecule has 3 rings (SSSR count). The number of pyridine rings is 1. The Morgan fingerprint density at radius 1 is 1.17 bits per heavy atom. The predicted molar refractivity (Wildman–Crippen MR) is 118 cm³/mol. The molecule has 0 spiro atoms. The van der Waals surface area contributed by atoms with Gasteiger partial charge in [-0.15, -0.1) is 0 Å². The number of hydrogen-bond donors (Lipinski definition) is 3. The molecule has 2 amide bonds. The summed E-state index contributed by atoms with van der Waals surface area (Å²) >= 11 is 0. The predicted octanol–water partition coefficient (Wildman–Crippen LogP) is 4.25. The van der Waals surface area contributed by atoms with Crippen LogP contribution < -0.4 is 20.7 Å². The van der Waals surface area contributed by atoms with Crippen LogP contribution in [0.1, 0.15) is 31.4 Å². The molecule has 2 heterocycles. The summed E-state index contributed by atoms with van der Waals surface area (Å²) in [6.45, 7) is 2.15. The molecule has 0 aliphatic carbocycles. The normalized spacial score (nSPS) is 11.4. The Bertz CT molecular complexity index is 980. The van der Waals surface area contributed by atoms with Crippen molar-refractivity contribution in [2.75, 3.05) is 24.8 Å². The van der Waals surface area contributed by atoms with E-state index in [4.69, 9.17) is 9.72 Å². The lowest BCUT2D eigenvalue weighted by Crippen LogP contribution is -2.24. The zero-order chi connectivity index (χ0) is 21.3. The van der Waals surface area contributed by atoms with E-state index < -0.39 is 0 Å². The Labute approximate surface area is 176 Å². The minimum absolute atomic E-state index is 0.0990. The molecule has 0 bridgehead atoms. The van der Waals surface area contributed by atoms with E-state index >= 15 is 0 Å². The molecule has 3 N–H and O–H groups in total. The van der Waals surface area contributed by atoms with E-state index in [2.05, 4.69) is 38.9 Å². The van der Waals surface area contributed by atoms with Crippen molar-refractivity contribution in [3.63, 3.8) is 0 Å². The Kier molecular flexibility index (Phi) is 7.15. The van der Waals surface area contributed by atoms with Crippen molar-refractivity contribution in [2.24, 2.45) is 0 Å². The summed E-state index contributed by atoms with van der Waals surface area (Å²) in [6, 6.07) is 9.24. The smallest absolute Gasteiger partial charge is 0.319 e. The number of anilines is 2. The van der Waals surface area contributed by atoms with Crippen LogP contribution in [0.2, 0.25) is 0 Å². The number of nitrogens with one attached hydrogen (secondary N) is 3. The highest BCUT2D eigenvalue weighted by Gasteiger charge is 2.13. The van der Waals surface area contributed by atoms with Crippen molar-refractivity contribution in [1.82, 2.24) is 20.3 Å². The van der Waals surface area contributed by atoms with Gasteiger partial charge in [0.05, 0.1) is 36.9 Å². The Morgan fingerprint density at radius 3 is 2.73 bits per heavy atom. The fraction of sp³-hybridized carbons (Fsp3) is 0.273. The number of rotatable bonds is 8. The van der Waals surface area contributed by atoms with Crippen molar-refractivity contribution in [3.8, 4) is 17.0 Å². The lowest BCUT2D eigenvalue weighted by Gasteiger charge is -2.19. The van der Waals surface area contributed by atoms with Crippen molar-refractivity contribution in [3.05, 3.63) is 60.7 Å². The number of carbonyl (C=O) groups excluding carboxylic acids is 1. The van der Waals surface area contributed by atoms with Gasteiger partial charge < -0.3 is 20.7 Å². The fourth-order valence-electron chi connectivity index (χ4n) is 3.08. The maximum Gasteiger partial charge on any atom is 0.319 e. The molecule has 156 valence electrons. The number of ether oxygens (including phenoxy) is 1. The number of benzene rings is 1. The third kappa shape index (κ3) is 5.22. The van der Waals surface area contributed by atoms with Crippen LogP contribution in [-0.4, -0.2) is 35.1 Å². The lowest BCUT2D eigenvalue weighted by molar-refractivity contribution is 0.254. The summed E-state index contributed by atoms with van der Waals surface area (Å²) in [5.41, 5.74) is 3.21. The third-order valence-corrected chi connectivity index (χ3v) is 4.59. The molecule has 1 aromatic carbocycles. The summed E-state index contributed by atoms with van der Waals surface area (Å²) in [6.07, 6.45) is 9.02. The van der Waals surface area contributed by atoms with Gasteiger partial charge in [0.1, 0.15) is 11.6 Å². The van der Waals surface area contributed by atoms with Gasteiger partial charge in [0.25, 0.3) is 0 Å². The second-order valence-electron chi connectivity index (χ2n) is 6.68. The number of nitrogens with zero attached hydrogens (tertiary/aromatic N) is 3. The van der Waals surface area contributed by atoms with Gasteiger partial charge in [-0.25, -0.2) is 9.78 Å². The molecule has 8 heteroatoms. The molecule has 0 saturated heterocycles. The molecule has 30 heavy (non-hydrogen) atoms. The van der Waals surface area contributed by atoms with Gasteiger partial charge in [-0.2, -0.15) is 0 Å². The van der Waals surface area contributed by atoms with E-state index in [9.17, 15) is 4.79 Å². The summed E-state index contributed by atoms with van der Waals surface area (Å²) in [4.78, 5) is 24.9. The van der Waals surface area contributed by atoms with E-state index in [0.29, 0.717) is 22.9 Å². The number of amides is 2. The van der Waals surface area contributed by atoms with Crippen LogP contribution in [0.4, 0.5) is 16.3 Å². The van der Waals surface area contributed by atoms with Gasteiger partial charge in [0, 0.05) is 25.0 Å². The molecule has 1 atom stereocenters. The van der Waals surface area contributed by atoms with Gasteiger partial charge in [0.2, 0.25) is 0 Å². The molecule has 0 radical (unpaired) electrons. The van der Waals surface area contributed by atoms with Crippen LogP contribution in [0.5, 0.6) is 5.75 Å². The van der Waals surface area contributed by atoms with Crippen LogP contribution in [0, 0.1) is 0 Å². The fourth-order valence-corrected chi connectivity index (χ4v) is 3.08. The maximum absolute atomic E-state index is 11.6. The summed E-state index contributed by atoms with van der Waals surface area (Å²) in [7, 11) is 3.11. The second-order valence-corrected chi connectivity index (χ2v) is 6.68. The monoisotopic (exact) mass is 406 g/mol. The van der Waals surface area contributed by atoms with Crippen molar-refractivity contribution < 1.29 is 9.53 Å². The average molecular weight is 406 g/mol. The number of methoxy groups -OCH3 is 1. The quantitative estimate of drug-likeness (QED) is 0.517. The highest BCUT2D eigenvalue weighted by Crippen LogP contribution is 2.30. The van der Waals surface area contributed by atoms with Gasteiger partial charge >= 0.3 is 6.03 Å². The zero-order valence-electron chi connectivity index (χ0n) is 17.3. The van der Waals surface area contributed by atoms with Gasteiger partial charge in [0.15, 0.2) is 0 Å². The standard InChI is InChI=1S/C22H26N6O2/c1-4-6-17(16-7-5-10-24-12-16)26-21-14-25-13-19(27-21)15-8-9-18(20(11-15)30-3)28-22(29)23-2/h5,7-14,17H,4,6H2,1-3H3,(H,26,27)(H2,23,28,29)/t17-/m0/s1. The highest BCUT2D eigenvalue weighted by atomic mass is 16.5. The molecule has 0 saturated carbocycles. The largest absolute Gasteiger partial charge is 0.495 e. The first-order valence-corrected chi connectivity index (χ1v) is 9.80. The number of urea groups is 1. The van der Waals surface area contributed by atoms with E-state index in [1.165, 1.54) is 0 Å². The van der Waals surface area contributed by atoms with Gasteiger partial charge in [-0.3, -0.25) is 9.97 Å². The average Bonchev–Trinajstić information content (AvgIpc) is 2.79. The molecule has 0 aliphatic rings. The number of aromatic nitrogens is 3. The third-order valence-electron chi connectivity index (χ3n) is 4.59. The Morgan fingerprint density at radius 2 is 2.03 bits per heavy atom. The Hall–Kier alpha value is -3.68. The van der Waals surface area contributed by atoms with E-state index in [0.717, 1.165) is 24.0 Å². The molecule has 8 nitrogen and oxygen atoms in total. The maximum atomic E-state index is 11.6. The summed E-state index contributed by atoms with van der Waals surface area (Å²) < 4.78 is 5.42. The Balaban J connectivity index is 1.85. The minimum atomic E-state index is -0.315. The molecule has 3 aromatic rings. The van der Waals surface area contributed by atoms with Crippen molar-refractivity contribution in [2.45, 2.75) is 25.8 Å². The van der Waals surface area contributed by atoms with Crippen molar-refractivity contribution in [1.29, 1.82) is 0 Å². The van der Waals surface area contributed by atoms with Crippen LogP contribution in [0.15, 0.2) is 55.1 Å². The summed E-state index contributed by atoms with van der Waals surface area (Å²) in [5, 5.41) is 8.72. The van der Waals surface area contributed by atoms with Crippen molar-refractivity contribution >= 4 is 17.5 Å². The molecule has 0 aliphatic heterocycles. The highest BCUT2D eigenvalue weighted by molar-refractivity contribution is 5.91. The first-order chi connectivity index (χ1) is 14.6. The first kappa shape index (κ1) is 21.0. The van der Waals surface area contributed by atoms with E-state index in [1.807, 2.05) is 24.4 Å². The van der Waals surface area contributed by atoms with E-state index in [1.54, 1.807) is 38.8 Å².